The molecule has 0 saturated carbocycles. The van der Waals surface area contributed by atoms with Gasteiger partial charge in [-0.2, -0.15) is 5.10 Å². The van der Waals surface area contributed by atoms with E-state index >= 15 is 0 Å². The van der Waals surface area contributed by atoms with Gasteiger partial charge in [-0.1, -0.05) is 17.7 Å². The Bertz CT molecular complexity index is 1130. The van der Waals surface area contributed by atoms with E-state index in [2.05, 4.69) is 10.4 Å². The summed E-state index contributed by atoms with van der Waals surface area (Å²) >= 11 is 0. The van der Waals surface area contributed by atoms with Crippen molar-refractivity contribution in [3.63, 3.8) is 0 Å². The number of anilines is 1. The molecule has 2 heterocycles. The van der Waals surface area contributed by atoms with Crippen molar-refractivity contribution in [2.75, 3.05) is 12.4 Å². The number of rotatable bonds is 5. The predicted molar refractivity (Wildman–Crippen MR) is 113 cm³/mol. The molecule has 0 aliphatic rings. The van der Waals surface area contributed by atoms with E-state index in [4.69, 9.17) is 4.74 Å². The normalized spacial score (nSPS) is 10.7. The number of carbonyl (C=O) groups is 1. The van der Waals surface area contributed by atoms with Crippen molar-refractivity contribution < 1.29 is 9.53 Å². The molecule has 2 aromatic heterocycles. The zero-order valence-corrected chi connectivity index (χ0v) is 16.6. The molecule has 0 aliphatic carbocycles. The average molecular weight is 386 g/mol. The molecule has 0 radical (unpaired) electrons. The van der Waals surface area contributed by atoms with Gasteiger partial charge in [0.25, 0.3) is 5.91 Å². The van der Waals surface area contributed by atoms with Gasteiger partial charge < -0.3 is 14.6 Å². The number of benzene rings is 2. The molecular weight excluding hydrogens is 364 g/mol. The minimum atomic E-state index is -0.213. The Morgan fingerprint density at radius 2 is 1.62 bits per heavy atom. The fourth-order valence-electron chi connectivity index (χ4n) is 3.23. The number of ether oxygens (including phenoxy) is 1. The molecule has 6 heteroatoms. The van der Waals surface area contributed by atoms with Crippen molar-refractivity contribution in [2.45, 2.75) is 13.8 Å². The van der Waals surface area contributed by atoms with Crippen LogP contribution < -0.4 is 10.1 Å². The fraction of sp³-hybridized carbons (Fsp3) is 0.130. The van der Waals surface area contributed by atoms with E-state index in [0.717, 1.165) is 17.0 Å². The first kappa shape index (κ1) is 18.6. The van der Waals surface area contributed by atoms with Gasteiger partial charge in [0, 0.05) is 18.1 Å². The third-order valence-electron chi connectivity index (χ3n) is 4.74. The van der Waals surface area contributed by atoms with Crippen LogP contribution in [0.5, 0.6) is 5.75 Å². The lowest BCUT2D eigenvalue weighted by atomic mass is 10.2. The number of carbonyl (C=O) groups excluding carboxylic acids is 1. The standard InChI is InChI=1S/C23H22N4O2/c1-16-6-10-19(11-7-16)27-23(26-14-4-5-15-26)21(17(2)25-27)22(28)24-18-8-12-20(29-3)13-9-18/h4-15H,1-3H3,(H,24,28). The Kier molecular flexibility index (Phi) is 4.91. The summed E-state index contributed by atoms with van der Waals surface area (Å²) in [5.41, 5.74) is 3.93. The minimum Gasteiger partial charge on any atom is -0.497 e. The van der Waals surface area contributed by atoms with Crippen LogP contribution in [0, 0.1) is 13.8 Å². The van der Waals surface area contributed by atoms with Crippen LogP contribution in [0.2, 0.25) is 0 Å². The smallest absolute Gasteiger partial charge is 0.261 e. The van der Waals surface area contributed by atoms with E-state index in [1.807, 2.05) is 91.5 Å². The van der Waals surface area contributed by atoms with Gasteiger partial charge in [0.15, 0.2) is 5.82 Å². The summed E-state index contributed by atoms with van der Waals surface area (Å²) < 4.78 is 8.89. The molecular formula is C23H22N4O2. The molecule has 0 atom stereocenters. The second-order valence-corrected chi connectivity index (χ2v) is 6.80. The summed E-state index contributed by atoms with van der Waals surface area (Å²) in [7, 11) is 1.61. The zero-order chi connectivity index (χ0) is 20.4. The van der Waals surface area contributed by atoms with Crippen LogP contribution in [0.4, 0.5) is 5.69 Å². The number of aryl methyl sites for hydroxylation is 2. The molecule has 0 spiro atoms. The SMILES string of the molecule is COc1ccc(NC(=O)c2c(C)nn(-c3ccc(C)cc3)c2-n2cccc2)cc1. The van der Waals surface area contributed by atoms with Crippen molar-refractivity contribution in [1.82, 2.24) is 14.3 Å². The van der Waals surface area contributed by atoms with E-state index in [-0.39, 0.29) is 5.91 Å². The first-order valence-corrected chi connectivity index (χ1v) is 9.32. The maximum atomic E-state index is 13.2. The van der Waals surface area contributed by atoms with Gasteiger partial charge in [0.1, 0.15) is 11.3 Å². The summed E-state index contributed by atoms with van der Waals surface area (Å²) in [5, 5.41) is 7.64. The molecule has 0 bridgehead atoms. The van der Waals surface area contributed by atoms with E-state index in [9.17, 15) is 4.79 Å². The summed E-state index contributed by atoms with van der Waals surface area (Å²) in [6, 6.07) is 19.2. The molecule has 4 rings (SSSR count). The first-order chi connectivity index (χ1) is 14.1. The highest BCUT2D eigenvalue weighted by atomic mass is 16.5. The lowest BCUT2D eigenvalue weighted by Gasteiger charge is -2.12. The zero-order valence-electron chi connectivity index (χ0n) is 16.6. The van der Waals surface area contributed by atoms with E-state index in [0.29, 0.717) is 22.8 Å². The van der Waals surface area contributed by atoms with Crippen molar-refractivity contribution in [2.24, 2.45) is 0 Å². The Morgan fingerprint density at radius 3 is 2.24 bits per heavy atom. The molecule has 0 saturated heterocycles. The highest BCUT2D eigenvalue weighted by Crippen LogP contribution is 2.25. The van der Waals surface area contributed by atoms with Crippen molar-refractivity contribution in [3.8, 4) is 17.3 Å². The number of amides is 1. The van der Waals surface area contributed by atoms with Crippen LogP contribution in [0.3, 0.4) is 0 Å². The maximum Gasteiger partial charge on any atom is 0.261 e. The van der Waals surface area contributed by atoms with E-state index in [1.54, 1.807) is 11.8 Å². The summed E-state index contributed by atoms with van der Waals surface area (Å²) in [6.45, 7) is 3.89. The number of aromatic nitrogens is 3. The van der Waals surface area contributed by atoms with E-state index in [1.165, 1.54) is 0 Å². The van der Waals surface area contributed by atoms with Crippen LogP contribution in [-0.2, 0) is 0 Å². The summed E-state index contributed by atoms with van der Waals surface area (Å²) in [4.78, 5) is 13.2. The van der Waals surface area contributed by atoms with Crippen molar-refractivity contribution in [3.05, 3.63) is 89.9 Å². The number of hydrogen-bond donors (Lipinski definition) is 1. The summed E-state index contributed by atoms with van der Waals surface area (Å²) in [5.74, 6) is 1.22. The third kappa shape index (κ3) is 3.65. The van der Waals surface area contributed by atoms with Crippen LogP contribution in [0.25, 0.3) is 11.5 Å². The fourth-order valence-corrected chi connectivity index (χ4v) is 3.23. The topological polar surface area (TPSA) is 61.1 Å². The second-order valence-electron chi connectivity index (χ2n) is 6.80. The van der Waals surface area contributed by atoms with Gasteiger partial charge in [-0.15, -0.1) is 0 Å². The van der Waals surface area contributed by atoms with Crippen molar-refractivity contribution in [1.29, 1.82) is 0 Å². The summed E-state index contributed by atoms with van der Waals surface area (Å²) in [6.07, 6.45) is 3.82. The van der Waals surface area contributed by atoms with Crippen LogP contribution >= 0.6 is 0 Å². The van der Waals surface area contributed by atoms with Gasteiger partial charge in [0.2, 0.25) is 0 Å². The molecule has 0 fully saturated rings. The molecule has 0 unspecified atom stereocenters. The van der Waals surface area contributed by atoms with Crippen LogP contribution in [-0.4, -0.2) is 27.4 Å². The van der Waals surface area contributed by atoms with Crippen LogP contribution in [0.1, 0.15) is 21.6 Å². The Balaban J connectivity index is 1.78. The number of hydrogen-bond acceptors (Lipinski definition) is 3. The van der Waals surface area contributed by atoms with Crippen LogP contribution in [0.15, 0.2) is 73.1 Å². The minimum absolute atomic E-state index is 0.213. The third-order valence-corrected chi connectivity index (χ3v) is 4.74. The molecule has 6 nitrogen and oxygen atoms in total. The second kappa shape index (κ2) is 7.67. The predicted octanol–water partition coefficient (Wildman–Crippen LogP) is 4.54. The molecule has 29 heavy (non-hydrogen) atoms. The van der Waals surface area contributed by atoms with Gasteiger partial charge in [0.05, 0.1) is 18.5 Å². The van der Waals surface area contributed by atoms with Gasteiger partial charge >= 0.3 is 0 Å². The highest BCUT2D eigenvalue weighted by molar-refractivity contribution is 6.07. The molecule has 4 aromatic rings. The quantitative estimate of drug-likeness (QED) is 0.548. The lowest BCUT2D eigenvalue weighted by molar-refractivity contribution is 0.102. The number of nitrogens with one attached hydrogen (secondary N) is 1. The molecule has 2 aromatic carbocycles. The van der Waals surface area contributed by atoms with Crippen molar-refractivity contribution >= 4 is 11.6 Å². The highest BCUT2D eigenvalue weighted by Gasteiger charge is 2.23. The largest absolute Gasteiger partial charge is 0.497 e. The Morgan fingerprint density at radius 1 is 0.966 bits per heavy atom. The molecule has 146 valence electrons. The lowest BCUT2D eigenvalue weighted by Crippen LogP contribution is -2.16. The van der Waals surface area contributed by atoms with Gasteiger partial charge in [-0.25, -0.2) is 4.68 Å². The number of nitrogens with zero attached hydrogens (tertiary/aromatic N) is 3. The monoisotopic (exact) mass is 386 g/mol. The van der Waals surface area contributed by atoms with Gasteiger partial charge in [-0.05, 0) is 62.4 Å². The molecule has 0 aliphatic heterocycles. The number of methoxy groups -OCH3 is 1. The molecule has 1 amide bonds. The van der Waals surface area contributed by atoms with E-state index < -0.39 is 0 Å². The Hall–Kier alpha value is -3.80. The first-order valence-electron chi connectivity index (χ1n) is 9.32. The molecule has 1 N–H and O–H groups in total. The average Bonchev–Trinajstić information content (AvgIpc) is 3.36. The van der Waals surface area contributed by atoms with Gasteiger partial charge in [-0.3, -0.25) is 4.79 Å². The maximum absolute atomic E-state index is 13.2. The Labute approximate surface area is 169 Å².